The summed E-state index contributed by atoms with van der Waals surface area (Å²) in [6.45, 7) is 10.2. The van der Waals surface area contributed by atoms with Crippen molar-refractivity contribution in [2.45, 2.75) is 57.9 Å². The van der Waals surface area contributed by atoms with E-state index in [2.05, 4.69) is 13.8 Å². The average molecular weight is 396 g/mol. The molecule has 0 radical (unpaired) electrons. The van der Waals surface area contributed by atoms with E-state index in [9.17, 15) is 13.2 Å². The number of aryl methyl sites for hydroxylation is 1. The lowest BCUT2D eigenvalue weighted by atomic mass is 9.79. The first-order chi connectivity index (χ1) is 12.6. The Kier molecular flexibility index (Phi) is 7.05. The zero-order valence-electron chi connectivity index (χ0n) is 16.9. The summed E-state index contributed by atoms with van der Waals surface area (Å²) in [4.78, 5) is 14.7. The van der Waals surface area contributed by atoms with Gasteiger partial charge in [-0.2, -0.15) is 4.31 Å². The molecule has 1 fully saturated rings. The molecule has 7 heteroatoms. The molecule has 0 spiro atoms. The molecule has 2 rings (SSSR count). The SMILES string of the molecule is CCN(CC)S(=O)(=O)c1ccc(CCC(=O)N2CCC(N)C(C)(C)C2)cc1. The van der Waals surface area contributed by atoms with Gasteiger partial charge < -0.3 is 10.6 Å². The van der Waals surface area contributed by atoms with Gasteiger partial charge in [-0.05, 0) is 36.0 Å². The average Bonchev–Trinajstić information content (AvgIpc) is 2.63. The number of rotatable bonds is 7. The first-order valence-corrected chi connectivity index (χ1v) is 11.2. The van der Waals surface area contributed by atoms with Crippen molar-refractivity contribution in [1.82, 2.24) is 9.21 Å². The molecular formula is C20H33N3O3S. The van der Waals surface area contributed by atoms with Gasteiger partial charge in [-0.15, -0.1) is 0 Å². The Morgan fingerprint density at radius 1 is 1.22 bits per heavy atom. The highest BCUT2D eigenvalue weighted by Crippen LogP contribution is 2.28. The maximum atomic E-state index is 12.5. The smallest absolute Gasteiger partial charge is 0.243 e. The van der Waals surface area contributed by atoms with E-state index in [0.717, 1.165) is 12.0 Å². The number of amides is 1. The number of carbonyl (C=O) groups excluding carboxylic acids is 1. The second-order valence-electron chi connectivity index (χ2n) is 7.93. The zero-order chi connectivity index (χ0) is 20.2. The van der Waals surface area contributed by atoms with Crippen LogP contribution in [-0.2, 0) is 21.2 Å². The van der Waals surface area contributed by atoms with Crippen molar-refractivity contribution in [1.29, 1.82) is 0 Å². The van der Waals surface area contributed by atoms with Crippen LogP contribution in [0.5, 0.6) is 0 Å². The Morgan fingerprint density at radius 3 is 2.33 bits per heavy atom. The van der Waals surface area contributed by atoms with E-state index in [1.807, 2.05) is 18.7 Å². The number of benzene rings is 1. The predicted octanol–water partition coefficient (Wildman–Crippen LogP) is 2.24. The number of nitrogens with zero attached hydrogens (tertiary/aromatic N) is 2. The van der Waals surface area contributed by atoms with Crippen LogP contribution in [0.25, 0.3) is 0 Å². The summed E-state index contributed by atoms with van der Waals surface area (Å²) in [5, 5.41) is 0. The number of piperidine rings is 1. The molecule has 1 aliphatic rings. The molecule has 1 aromatic rings. The van der Waals surface area contributed by atoms with Gasteiger partial charge in [0.15, 0.2) is 0 Å². The molecule has 1 amide bonds. The van der Waals surface area contributed by atoms with E-state index in [-0.39, 0.29) is 17.4 Å². The number of carbonyl (C=O) groups is 1. The van der Waals surface area contributed by atoms with Crippen molar-refractivity contribution in [2.75, 3.05) is 26.2 Å². The molecule has 1 unspecified atom stereocenters. The highest BCUT2D eigenvalue weighted by atomic mass is 32.2. The van der Waals surface area contributed by atoms with E-state index < -0.39 is 10.0 Å². The molecule has 0 aromatic heterocycles. The van der Waals surface area contributed by atoms with Gasteiger partial charge in [0.25, 0.3) is 0 Å². The van der Waals surface area contributed by atoms with Crippen LogP contribution in [0.1, 0.15) is 46.1 Å². The third-order valence-corrected chi connectivity index (χ3v) is 7.62. The number of likely N-dealkylation sites (tertiary alicyclic amines) is 1. The quantitative estimate of drug-likeness (QED) is 0.767. The third-order valence-electron chi connectivity index (χ3n) is 5.56. The number of hydrogen-bond acceptors (Lipinski definition) is 4. The van der Waals surface area contributed by atoms with Gasteiger partial charge >= 0.3 is 0 Å². The van der Waals surface area contributed by atoms with Crippen LogP contribution in [0.15, 0.2) is 29.2 Å². The first-order valence-electron chi connectivity index (χ1n) is 9.74. The highest BCUT2D eigenvalue weighted by Gasteiger charge is 2.35. The summed E-state index contributed by atoms with van der Waals surface area (Å²) in [5.41, 5.74) is 7.05. The van der Waals surface area contributed by atoms with Gasteiger partial charge in [0.05, 0.1) is 4.90 Å². The molecule has 152 valence electrons. The highest BCUT2D eigenvalue weighted by molar-refractivity contribution is 7.89. The van der Waals surface area contributed by atoms with Gasteiger partial charge in [-0.25, -0.2) is 8.42 Å². The summed E-state index contributed by atoms with van der Waals surface area (Å²) >= 11 is 0. The summed E-state index contributed by atoms with van der Waals surface area (Å²) < 4.78 is 26.5. The molecule has 1 aromatic carbocycles. The van der Waals surface area contributed by atoms with E-state index >= 15 is 0 Å². The Labute approximate surface area is 163 Å². The standard InChI is InChI=1S/C20H33N3O3S/c1-5-23(6-2)27(25,26)17-10-7-16(8-11-17)9-12-19(24)22-14-13-18(21)20(3,4)15-22/h7-8,10-11,18H,5-6,9,12-15,21H2,1-4H3. The fourth-order valence-corrected chi connectivity index (χ4v) is 4.99. The second-order valence-corrected chi connectivity index (χ2v) is 9.87. The molecule has 1 heterocycles. The normalized spacial score (nSPS) is 20.1. The van der Waals surface area contributed by atoms with Crippen LogP contribution in [0.2, 0.25) is 0 Å². The molecule has 0 aliphatic carbocycles. The van der Waals surface area contributed by atoms with Gasteiger partial charge in [-0.1, -0.05) is 39.8 Å². The van der Waals surface area contributed by atoms with Crippen molar-refractivity contribution in [3.05, 3.63) is 29.8 Å². The molecule has 6 nitrogen and oxygen atoms in total. The minimum atomic E-state index is -3.44. The number of sulfonamides is 1. The molecule has 27 heavy (non-hydrogen) atoms. The maximum Gasteiger partial charge on any atom is 0.243 e. The first kappa shape index (κ1) is 21.9. The number of hydrogen-bond donors (Lipinski definition) is 1. The fourth-order valence-electron chi connectivity index (χ4n) is 3.54. The lowest BCUT2D eigenvalue weighted by Crippen LogP contribution is -2.54. The second kappa shape index (κ2) is 8.71. The molecule has 2 N–H and O–H groups in total. The van der Waals surface area contributed by atoms with Crippen LogP contribution in [0.3, 0.4) is 0 Å². The zero-order valence-corrected chi connectivity index (χ0v) is 17.8. The lowest BCUT2D eigenvalue weighted by molar-refractivity contribution is -0.134. The van der Waals surface area contributed by atoms with Crippen LogP contribution >= 0.6 is 0 Å². The monoisotopic (exact) mass is 395 g/mol. The van der Waals surface area contributed by atoms with E-state index in [1.54, 1.807) is 24.3 Å². The topological polar surface area (TPSA) is 83.7 Å². The van der Waals surface area contributed by atoms with E-state index in [1.165, 1.54) is 4.31 Å². The molecule has 1 aliphatic heterocycles. The summed E-state index contributed by atoms with van der Waals surface area (Å²) in [6.07, 6.45) is 1.86. The van der Waals surface area contributed by atoms with Crippen molar-refractivity contribution in [3.8, 4) is 0 Å². The van der Waals surface area contributed by atoms with Gasteiger partial charge in [0, 0.05) is 38.6 Å². The van der Waals surface area contributed by atoms with Crippen molar-refractivity contribution >= 4 is 15.9 Å². The minimum Gasteiger partial charge on any atom is -0.342 e. The van der Waals surface area contributed by atoms with Gasteiger partial charge in [0.2, 0.25) is 15.9 Å². The van der Waals surface area contributed by atoms with Crippen LogP contribution < -0.4 is 5.73 Å². The molecular weight excluding hydrogens is 362 g/mol. The van der Waals surface area contributed by atoms with Crippen molar-refractivity contribution < 1.29 is 13.2 Å². The third kappa shape index (κ3) is 5.09. The van der Waals surface area contributed by atoms with Crippen LogP contribution in [0, 0.1) is 5.41 Å². The summed E-state index contributed by atoms with van der Waals surface area (Å²) in [7, 11) is -3.44. The Bertz CT molecular complexity index is 740. The predicted molar refractivity (Wildman–Crippen MR) is 108 cm³/mol. The summed E-state index contributed by atoms with van der Waals surface area (Å²) in [6, 6.07) is 7.01. The Hall–Kier alpha value is -1.44. The van der Waals surface area contributed by atoms with Crippen molar-refractivity contribution in [3.63, 3.8) is 0 Å². The maximum absolute atomic E-state index is 12.5. The van der Waals surface area contributed by atoms with E-state index in [4.69, 9.17) is 5.73 Å². The fraction of sp³-hybridized carbons (Fsp3) is 0.650. The molecule has 0 bridgehead atoms. The largest absolute Gasteiger partial charge is 0.342 e. The number of nitrogens with two attached hydrogens (primary N) is 1. The summed E-state index contributed by atoms with van der Waals surface area (Å²) in [5.74, 6) is 0.134. The van der Waals surface area contributed by atoms with Gasteiger partial charge in [-0.3, -0.25) is 4.79 Å². The minimum absolute atomic E-state index is 0.0612. The van der Waals surface area contributed by atoms with E-state index in [0.29, 0.717) is 43.9 Å². The van der Waals surface area contributed by atoms with Gasteiger partial charge in [0.1, 0.15) is 0 Å². The molecule has 1 saturated heterocycles. The Balaban J connectivity index is 1.96. The van der Waals surface area contributed by atoms with Crippen LogP contribution in [0.4, 0.5) is 0 Å². The van der Waals surface area contributed by atoms with Crippen LogP contribution in [-0.4, -0.2) is 55.8 Å². The van der Waals surface area contributed by atoms with Crippen molar-refractivity contribution in [2.24, 2.45) is 11.1 Å². The Morgan fingerprint density at radius 2 is 1.81 bits per heavy atom. The lowest BCUT2D eigenvalue weighted by Gasteiger charge is -2.42. The molecule has 1 atom stereocenters. The molecule has 0 saturated carbocycles.